The molecule has 1 aromatic rings. The highest BCUT2D eigenvalue weighted by atomic mass is 16.2. The van der Waals surface area contributed by atoms with E-state index in [9.17, 15) is 24.4 Å². The minimum Gasteiger partial charge on any atom is -0.322 e. The van der Waals surface area contributed by atoms with Gasteiger partial charge < -0.3 is 9.69 Å². The van der Waals surface area contributed by atoms with Crippen molar-refractivity contribution in [2.24, 2.45) is 0 Å². The average Bonchev–Trinajstić information content (AvgIpc) is 3.01. The second-order valence-electron chi connectivity index (χ2n) is 6.78. The monoisotopic (exact) mass is 377 g/mol. The first-order chi connectivity index (χ1) is 13.5. The van der Waals surface area contributed by atoms with Crippen LogP contribution in [0.2, 0.25) is 0 Å². The molecular weight excluding hydrogens is 358 g/mol. The maximum atomic E-state index is 12.9. The number of carbonyl (C=O) groups is 4. The van der Waals surface area contributed by atoms with Crippen molar-refractivity contribution in [3.63, 3.8) is 0 Å². The molecule has 3 rings (SSSR count). The largest absolute Gasteiger partial charge is 0.322 e. The first kappa shape index (κ1) is 19.3. The quantitative estimate of drug-likeness (QED) is 0.361. The predicted molar refractivity (Wildman–Crippen MR) is 98.6 cm³/mol. The van der Waals surface area contributed by atoms with E-state index in [0.29, 0.717) is 35.1 Å². The molecule has 1 N–H and O–H groups in total. The van der Waals surface area contributed by atoms with Gasteiger partial charge in [0.15, 0.2) is 0 Å². The Morgan fingerprint density at radius 2 is 2.07 bits per heavy atom. The number of aldehydes is 1. The van der Waals surface area contributed by atoms with Crippen molar-refractivity contribution in [3.05, 3.63) is 34.4 Å². The van der Waals surface area contributed by atoms with E-state index < -0.39 is 11.9 Å². The maximum absolute atomic E-state index is 12.9. The number of benzene rings is 1. The van der Waals surface area contributed by atoms with E-state index in [1.807, 2.05) is 6.07 Å². The maximum Gasteiger partial charge on any atom is 0.255 e. The van der Waals surface area contributed by atoms with E-state index in [1.165, 1.54) is 11.0 Å². The minimum absolute atomic E-state index is 0.188. The molecule has 7 heteroatoms. The van der Waals surface area contributed by atoms with Crippen molar-refractivity contribution in [3.8, 4) is 17.9 Å². The number of hydrogen-bond acceptors (Lipinski definition) is 5. The number of carbonyl (C=O) groups excluding carboxylic acids is 4. The van der Waals surface area contributed by atoms with Crippen LogP contribution in [0.25, 0.3) is 0 Å². The number of piperidine rings is 1. The van der Waals surface area contributed by atoms with Gasteiger partial charge in [-0.1, -0.05) is 11.8 Å². The Hall–Kier alpha value is -3.45. The van der Waals surface area contributed by atoms with Crippen molar-refractivity contribution in [1.29, 1.82) is 5.26 Å². The van der Waals surface area contributed by atoms with Crippen LogP contribution in [0.1, 0.15) is 65.6 Å². The van der Waals surface area contributed by atoms with Crippen molar-refractivity contribution in [2.75, 3.05) is 0 Å². The molecule has 0 spiro atoms. The zero-order valence-electron chi connectivity index (χ0n) is 15.3. The van der Waals surface area contributed by atoms with E-state index in [-0.39, 0.29) is 31.2 Å². The van der Waals surface area contributed by atoms with Crippen LogP contribution in [0, 0.1) is 23.2 Å². The number of unbranched alkanes of at least 4 members (excludes halogenated alkanes) is 3. The van der Waals surface area contributed by atoms with Gasteiger partial charge in [-0.3, -0.25) is 19.7 Å². The molecule has 0 saturated carbocycles. The molecule has 1 saturated heterocycles. The molecule has 1 aromatic carbocycles. The number of rotatable bonds is 5. The van der Waals surface area contributed by atoms with E-state index in [4.69, 9.17) is 0 Å². The molecule has 3 amide bonds. The highest BCUT2D eigenvalue weighted by Crippen LogP contribution is 2.30. The van der Waals surface area contributed by atoms with E-state index in [0.717, 1.165) is 19.1 Å². The van der Waals surface area contributed by atoms with Crippen LogP contribution < -0.4 is 5.32 Å². The molecule has 0 aromatic heterocycles. The highest BCUT2D eigenvalue weighted by molar-refractivity contribution is 6.05. The number of nitrogens with zero attached hydrogens (tertiary/aromatic N) is 2. The Kier molecular flexibility index (Phi) is 5.86. The van der Waals surface area contributed by atoms with Gasteiger partial charge in [0, 0.05) is 36.9 Å². The number of nitriles is 1. The molecule has 0 bridgehead atoms. The molecule has 28 heavy (non-hydrogen) atoms. The lowest BCUT2D eigenvalue weighted by Gasteiger charge is -2.29. The average molecular weight is 377 g/mol. The van der Waals surface area contributed by atoms with Gasteiger partial charge in [0.25, 0.3) is 5.91 Å². The first-order valence-electron chi connectivity index (χ1n) is 9.19. The fraction of sp³-hybridized carbons (Fsp3) is 0.381. The Labute approximate surface area is 162 Å². The number of imide groups is 1. The number of nitrogens with one attached hydrogen (secondary N) is 1. The third-order valence-corrected chi connectivity index (χ3v) is 4.88. The zero-order valence-corrected chi connectivity index (χ0v) is 15.3. The van der Waals surface area contributed by atoms with Crippen LogP contribution in [-0.2, 0) is 20.9 Å². The lowest BCUT2D eigenvalue weighted by Crippen LogP contribution is -2.52. The summed E-state index contributed by atoms with van der Waals surface area (Å²) in [7, 11) is 0. The van der Waals surface area contributed by atoms with Crippen LogP contribution >= 0.6 is 0 Å². The molecular formula is C21H19N3O4. The van der Waals surface area contributed by atoms with Gasteiger partial charge in [-0.2, -0.15) is 5.26 Å². The summed E-state index contributed by atoms with van der Waals surface area (Å²) in [4.78, 5) is 48.2. The lowest BCUT2D eigenvalue weighted by atomic mass is 10.00. The predicted octanol–water partition coefficient (Wildman–Crippen LogP) is 1.43. The summed E-state index contributed by atoms with van der Waals surface area (Å²) in [6.07, 6.45) is 4.05. The second-order valence-corrected chi connectivity index (χ2v) is 6.78. The van der Waals surface area contributed by atoms with Crippen molar-refractivity contribution in [1.82, 2.24) is 10.2 Å². The van der Waals surface area contributed by atoms with E-state index >= 15 is 0 Å². The Morgan fingerprint density at radius 3 is 2.79 bits per heavy atom. The van der Waals surface area contributed by atoms with Crippen molar-refractivity contribution in [2.45, 2.75) is 51.1 Å². The number of hydrogen-bond donors (Lipinski definition) is 1. The topological polar surface area (TPSA) is 107 Å². The number of fused-ring (bicyclic) bond motifs is 1. The normalized spacial score (nSPS) is 18.0. The fourth-order valence-corrected chi connectivity index (χ4v) is 3.44. The standard InChI is InChI=1S/C21H19N3O4/c22-12-14-10-15(6-4-2-1-3-5-9-25)17-13-24(21(28)16(17)11-14)18-7-8-19(26)23-20(18)27/h9-11,18H,1-3,5,7-8,13H2,(H,23,26,27). The summed E-state index contributed by atoms with van der Waals surface area (Å²) in [5.74, 6) is 4.94. The summed E-state index contributed by atoms with van der Waals surface area (Å²) in [6, 6.07) is 4.52. The van der Waals surface area contributed by atoms with Crippen LogP contribution in [0.4, 0.5) is 0 Å². The summed E-state index contributed by atoms with van der Waals surface area (Å²) in [5, 5.41) is 11.5. The lowest BCUT2D eigenvalue weighted by molar-refractivity contribution is -0.136. The SMILES string of the molecule is N#Cc1cc(C#CCCCCC=O)c2c(c1)C(=O)N(C1CCC(=O)NC1=O)C2. The third-order valence-electron chi connectivity index (χ3n) is 4.88. The van der Waals surface area contributed by atoms with Gasteiger partial charge in [-0.05, 0) is 37.0 Å². The highest BCUT2D eigenvalue weighted by Gasteiger charge is 2.40. The Morgan fingerprint density at radius 1 is 1.25 bits per heavy atom. The van der Waals surface area contributed by atoms with Crippen LogP contribution in [0.3, 0.4) is 0 Å². The molecule has 1 atom stereocenters. The molecule has 142 valence electrons. The van der Waals surface area contributed by atoms with Crippen molar-refractivity contribution >= 4 is 24.0 Å². The van der Waals surface area contributed by atoms with Gasteiger partial charge in [-0.15, -0.1) is 0 Å². The molecule has 2 aliphatic heterocycles. The molecule has 2 aliphatic rings. The van der Waals surface area contributed by atoms with Gasteiger partial charge in [0.2, 0.25) is 11.8 Å². The summed E-state index contributed by atoms with van der Waals surface area (Å²) in [5.41, 5.74) is 2.03. The molecule has 1 unspecified atom stereocenters. The fourth-order valence-electron chi connectivity index (χ4n) is 3.44. The van der Waals surface area contributed by atoms with E-state index in [2.05, 4.69) is 17.2 Å². The molecule has 2 heterocycles. The van der Waals surface area contributed by atoms with Gasteiger partial charge in [-0.25, -0.2) is 0 Å². The second kappa shape index (κ2) is 8.49. The summed E-state index contributed by atoms with van der Waals surface area (Å²) < 4.78 is 0. The minimum atomic E-state index is -0.702. The molecule has 0 radical (unpaired) electrons. The first-order valence-corrected chi connectivity index (χ1v) is 9.19. The van der Waals surface area contributed by atoms with Crippen LogP contribution in [-0.4, -0.2) is 34.9 Å². The summed E-state index contributed by atoms with van der Waals surface area (Å²) >= 11 is 0. The van der Waals surface area contributed by atoms with Crippen LogP contribution in [0.5, 0.6) is 0 Å². The van der Waals surface area contributed by atoms with Crippen molar-refractivity contribution < 1.29 is 19.2 Å². The molecule has 7 nitrogen and oxygen atoms in total. The van der Waals surface area contributed by atoms with Crippen LogP contribution in [0.15, 0.2) is 12.1 Å². The molecule has 0 aliphatic carbocycles. The zero-order chi connectivity index (χ0) is 20.1. The Balaban J connectivity index is 1.84. The van der Waals surface area contributed by atoms with Gasteiger partial charge in [0.1, 0.15) is 12.3 Å². The van der Waals surface area contributed by atoms with Gasteiger partial charge in [0.05, 0.1) is 11.6 Å². The Bertz CT molecular complexity index is 949. The summed E-state index contributed by atoms with van der Waals surface area (Å²) in [6.45, 7) is 0.224. The third kappa shape index (κ3) is 3.94. The number of amides is 3. The van der Waals surface area contributed by atoms with E-state index in [1.54, 1.807) is 6.07 Å². The molecule has 1 fully saturated rings. The smallest absolute Gasteiger partial charge is 0.255 e. The van der Waals surface area contributed by atoms with Gasteiger partial charge >= 0.3 is 0 Å².